The van der Waals surface area contributed by atoms with Gasteiger partial charge in [-0.15, -0.1) is 0 Å². The Morgan fingerprint density at radius 3 is 1.31 bits per heavy atom. The number of ether oxygens (including phenoxy) is 2. The fourth-order valence-electron chi connectivity index (χ4n) is 0.451. The van der Waals surface area contributed by atoms with Gasteiger partial charge in [0.25, 0.3) is 0 Å². The van der Waals surface area contributed by atoms with Gasteiger partial charge in [-0.25, -0.2) is 0 Å². The van der Waals surface area contributed by atoms with E-state index in [0.717, 1.165) is 0 Å². The second kappa shape index (κ2) is 14.2. The lowest BCUT2D eigenvalue weighted by Gasteiger charge is -2.01. The highest BCUT2D eigenvalue weighted by molar-refractivity contribution is 6.35. The van der Waals surface area contributed by atoms with E-state index >= 15 is 0 Å². The number of ketones is 2. The number of hydrogen-bond acceptors (Lipinski definition) is 6. The molecule has 16 heavy (non-hydrogen) atoms. The van der Waals surface area contributed by atoms with Crippen molar-refractivity contribution in [2.24, 2.45) is 0 Å². The monoisotopic (exact) mass is 236 g/mol. The van der Waals surface area contributed by atoms with Crippen molar-refractivity contribution in [3.63, 3.8) is 0 Å². The molecule has 0 radical (unpaired) electrons. The van der Waals surface area contributed by atoms with Gasteiger partial charge in [0.15, 0.2) is 11.6 Å². The number of rotatable bonds is 8. The Balaban J connectivity index is 0. The fourth-order valence-corrected chi connectivity index (χ4v) is 0.451. The zero-order valence-electron chi connectivity index (χ0n) is 9.77. The van der Waals surface area contributed by atoms with Crippen molar-refractivity contribution >= 4 is 11.6 Å². The summed E-state index contributed by atoms with van der Waals surface area (Å²) in [5.41, 5.74) is 0. The molecule has 0 spiro atoms. The van der Waals surface area contributed by atoms with Gasteiger partial charge >= 0.3 is 0 Å². The largest absolute Gasteiger partial charge is 0.394 e. The second-order valence-electron chi connectivity index (χ2n) is 2.78. The molecule has 0 bridgehead atoms. The van der Waals surface area contributed by atoms with Crippen LogP contribution in [0, 0.1) is 0 Å². The van der Waals surface area contributed by atoms with Crippen LogP contribution in [0.1, 0.15) is 13.8 Å². The predicted molar refractivity (Wildman–Crippen MR) is 57.2 cm³/mol. The molecule has 0 aliphatic carbocycles. The molecule has 0 rings (SSSR count). The molecule has 0 heterocycles. The minimum atomic E-state index is -0.380. The van der Waals surface area contributed by atoms with Gasteiger partial charge in [-0.05, 0) is 0 Å². The molecule has 0 fully saturated rings. The van der Waals surface area contributed by atoms with Gasteiger partial charge in [-0.1, -0.05) is 0 Å². The molecule has 0 atom stereocenters. The number of aliphatic hydroxyl groups is 2. The highest BCUT2D eigenvalue weighted by Gasteiger charge is 1.94. The third kappa shape index (κ3) is 18.9. The summed E-state index contributed by atoms with van der Waals surface area (Å²) >= 11 is 0. The zero-order chi connectivity index (χ0) is 12.8. The first-order valence-corrected chi connectivity index (χ1v) is 4.95. The van der Waals surface area contributed by atoms with Crippen molar-refractivity contribution in [3.05, 3.63) is 0 Å². The van der Waals surface area contributed by atoms with E-state index in [0.29, 0.717) is 26.4 Å². The first kappa shape index (κ1) is 17.6. The Labute approximate surface area is 95.2 Å². The maximum absolute atomic E-state index is 9.79. The van der Waals surface area contributed by atoms with Crippen LogP contribution < -0.4 is 0 Å². The van der Waals surface area contributed by atoms with Crippen LogP contribution in [0.4, 0.5) is 0 Å². The summed E-state index contributed by atoms with van der Waals surface area (Å²) < 4.78 is 9.75. The van der Waals surface area contributed by atoms with Crippen molar-refractivity contribution in [2.45, 2.75) is 13.8 Å². The summed E-state index contributed by atoms with van der Waals surface area (Å²) in [5.74, 6) is -0.759. The average Bonchev–Trinajstić information content (AvgIpc) is 2.24. The topological polar surface area (TPSA) is 93.1 Å². The first-order valence-electron chi connectivity index (χ1n) is 4.95. The van der Waals surface area contributed by atoms with Crippen molar-refractivity contribution < 1.29 is 29.3 Å². The molecule has 2 N–H and O–H groups in total. The van der Waals surface area contributed by atoms with E-state index in [1.807, 2.05) is 0 Å². The van der Waals surface area contributed by atoms with Gasteiger partial charge in [0, 0.05) is 13.8 Å². The first-order chi connectivity index (χ1) is 7.56. The molecule has 96 valence electrons. The molecule has 0 aromatic rings. The van der Waals surface area contributed by atoms with Crippen LogP contribution in [0.2, 0.25) is 0 Å². The SMILES string of the molecule is CC(=O)C(C)=O.OCCOCCOCCO. The summed E-state index contributed by atoms with van der Waals surface area (Å²) in [6.07, 6.45) is 0. The van der Waals surface area contributed by atoms with Gasteiger partial charge in [0.1, 0.15) is 0 Å². The van der Waals surface area contributed by atoms with E-state index in [2.05, 4.69) is 0 Å². The van der Waals surface area contributed by atoms with Crippen LogP contribution in [-0.2, 0) is 19.1 Å². The maximum atomic E-state index is 9.79. The Kier molecular flexibility index (Phi) is 15.6. The molecule has 0 saturated heterocycles. The Morgan fingerprint density at radius 2 is 1.12 bits per heavy atom. The molecule has 0 aliphatic heterocycles. The van der Waals surface area contributed by atoms with Crippen molar-refractivity contribution in [1.29, 1.82) is 0 Å². The number of aliphatic hydroxyl groups excluding tert-OH is 2. The summed E-state index contributed by atoms with van der Waals surface area (Å²) in [5, 5.41) is 16.5. The fraction of sp³-hybridized carbons (Fsp3) is 0.800. The van der Waals surface area contributed by atoms with Crippen LogP contribution in [-0.4, -0.2) is 61.4 Å². The maximum Gasteiger partial charge on any atom is 0.195 e. The quantitative estimate of drug-likeness (QED) is 0.422. The van der Waals surface area contributed by atoms with Gasteiger partial charge in [-0.3, -0.25) is 9.59 Å². The standard InChI is InChI=1S/C6H14O4.C4H6O2/c7-1-3-9-5-6-10-4-2-8;1-3(5)4(2)6/h7-8H,1-6H2;1-2H3. The van der Waals surface area contributed by atoms with Crippen LogP contribution >= 0.6 is 0 Å². The second-order valence-corrected chi connectivity index (χ2v) is 2.78. The van der Waals surface area contributed by atoms with Crippen LogP contribution in [0.25, 0.3) is 0 Å². The normalized spacial score (nSPS) is 9.25. The van der Waals surface area contributed by atoms with Gasteiger partial charge in [0.05, 0.1) is 39.6 Å². The minimum Gasteiger partial charge on any atom is -0.394 e. The number of Topliss-reactive ketones (excluding diaryl/α,β-unsaturated/α-hetero) is 2. The molecule has 6 nitrogen and oxygen atoms in total. The molecular formula is C10H20O6. The molecule has 0 aliphatic rings. The van der Waals surface area contributed by atoms with Crippen LogP contribution in [0.15, 0.2) is 0 Å². The number of carbonyl (C=O) groups is 2. The molecule has 0 saturated carbocycles. The summed E-state index contributed by atoms with van der Waals surface area (Å²) in [4.78, 5) is 19.6. The molecule has 0 unspecified atom stereocenters. The van der Waals surface area contributed by atoms with E-state index in [4.69, 9.17) is 19.7 Å². The summed E-state index contributed by atoms with van der Waals surface area (Å²) in [7, 11) is 0. The molecular weight excluding hydrogens is 216 g/mol. The van der Waals surface area contributed by atoms with Crippen molar-refractivity contribution in [2.75, 3.05) is 39.6 Å². The summed E-state index contributed by atoms with van der Waals surface area (Å²) in [6, 6.07) is 0. The van der Waals surface area contributed by atoms with Gasteiger partial charge in [0.2, 0.25) is 0 Å². The van der Waals surface area contributed by atoms with E-state index in [1.54, 1.807) is 0 Å². The predicted octanol–water partition coefficient (Wildman–Crippen LogP) is -0.831. The number of hydrogen-bond donors (Lipinski definition) is 2. The Morgan fingerprint density at radius 1 is 0.812 bits per heavy atom. The van der Waals surface area contributed by atoms with Gasteiger partial charge < -0.3 is 19.7 Å². The zero-order valence-corrected chi connectivity index (χ0v) is 9.77. The van der Waals surface area contributed by atoms with E-state index < -0.39 is 0 Å². The average molecular weight is 236 g/mol. The highest BCUT2D eigenvalue weighted by Crippen LogP contribution is 1.76. The lowest BCUT2D eigenvalue weighted by molar-refractivity contribution is -0.134. The molecule has 0 aromatic heterocycles. The molecule has 6 heteroatoms. The lowest BCUT2D eigenvalue weighted by Crippen LogP contribution is -2.09. The lowest BCUT2D eigenvalue weighted by atomic mass is 10.3. The van der Waals surface area contributed by atoms with E-state index in [9.17, 15) is 9.59 Å². The molecule has 0 amide bonds. The van der Waals surface area contributed by atoms with Gasteiger partial charge in [-0.2, -0.15) is 0 Å². The van der Waals surface area contributed by atoms with Crippen molar-refractivity contribution in [3.8, 4) is 0 Å². The highest BCUT2D eigenvalue weighted by atomic mass is 16.5. The van der Waals surface area contributed by atoms with Crippen LogP contribution in [0.3, 0.4) is 0 Å². The minimum absolute atomic E-state index is 0.0417. The number of carbonyl (C=O) groups excluding carboxylic acids is 2. The van der Waals surface area contributed by atoms with E-state index in [1.165, 1.54) is 13.8 Å². The third-order valence-corrected chi connectivity index (χ3v) is 1.34. The third-order valence-electron chi connectivity index (χ3n) is 1.34. The van der Waals surface area contributed by atoms with Crippen LogP contribution in [0.5, 0.6) is 0 Å². The smallest absolute Gasteiger partial charge is 0.195 e. The molecule has 0 aromatic carbocycles. The Hall–Kier alpha value is -0.820. The van der Waals surface area contributed by atoms with Crippen molar-refractivity contribution in [1.82, 2.24) is 0 Å². The summed E-state index contributed by atoms with van der Waals surface area (Å²) in [6.45, 7) is 4.23. The van der Waals surface area contributed by atoms with E-state index in [-0.39, 0.29) is 24.8 Å². The Bertz CT molecular complexity index is 160.